The van der Waals surface area contributed by atoms with Crippen molar-refractivity contribution in [3.8, 4) is 0 Å². The molecular formula is C14H19N3O. The Kier molecular flexibility index (Phi) is 3.06. The molecule has 96 valence electrons. The summed E-state index contributed by atoms with van der Waals surface area (Å²) in [6, 6.07) is 8.43. The van der Waals surface area contributed by atoms with Crippen molar-refractivity contribution >= 4 is 10.9 Å². The zero-order chi connectivity index (χ0) is 12.5. The highest BCUT2D eigenvalue weighted by Crippen LogP contribution is 2.23. The second-order valence-corrected chi connectivity index (χ2v) is 5.03. The van der Waals surface area contributed by atoms with Crippen LogP contribution in [0.4, 0.5) is 0 Å². The van der Waals surface area contributed by atoms with E-state index in [9.17, 15) is 0 Å². The Labute approximate surface area is 107 Å². The standard InChI is InChI=1S/C14H19N3O/c1-17-13-7-3-2-5-10(13)12(16-17)9-18-14-8-4-6-11(14)15/h2-3,5,7,11,14H,4,6,8-9,15H2,1H3. The topological polar surface area (TPSA) is 53.1 Å². The van der Waals surface area contributed by atoms with Gasteiger partial charge < -0.3 is 10.5 Å². The molecule has 2 aromatic rings. The molecule has 1 heterocycles. The summed E-state index contributed by atoms with van der Waals surface area (Å²) < 4.78 is 7.83. The minimum absolute atomic E-state index is 0.194. The van der Waals surface area contributed by atoms with Gasteiger partial charge in [0.25, 0.3) is 0 Å². The number of aromatic nitrogens is 2. The summed E-state index contributed by atoms with van der Waals surface area (Å²) in [7, 11) is 1.97. The van der Waals surface area contributed by atoms with Crippen LogP contribution in [-0.2, 0) is 18.4 Å². The van der Waals surface area contributed by atoms with Crippen LogP contribution in [0.25, 0.3) is 10.9 Å². The first-order chi connectivity index (χ1) is 8.75. The number of benzene rings is 1. The molecule has 3 rings (SSSR count). The minimum atomic E-state index is 0.194. The average Bonchev–Trinajstić information content (AvgIpc) is 2.92. The molecule has 1 saturated carbocycles. The van der Waals surface area contributed by atoms with Gasteiger partial charge in [0.2, 0.25) is 0 Å². The molecule has 1 aliphatic carbocycles. The fourth-order valence-corrected chi connectivity index (χ4v) is 2.74. The van der Waals surface area contributed by atoms with E-state index in [4.69, 9.17) is 10.5 Å². The van der Waals surface area contributed by atoms with Crippen LogP contribution in [0, 0.1) is 0 Å². The molecule has 1 aromatic heterocycles. The van der Waals surface area contributed by atoms with Crippen molar-refractivity contribution in [1.29, 1.82) is 0 Å². The summed E-state index contributed by atoms with van der Waals surface area (Å²) in [4.78, 5) is 0. The van der Waals surface area contributed by atoms with Gasteiger partial charge >= 0.3 is 0 Å². The zero-order valence-corrected chi connectivity index (χ0v) is 10.7. The SMILES string of the molecule is Cn1nc(COC2CCCC2N)c2ccccc21. The van der Waals surface area contributed by atoms with Gasteiger partial charge in [-0.3, -0.25) is 4.68 Å². The molecule has 1 aliphatic rings. The number of hydrogen-bond acceptors (Lipinski definition) is 3. The summed E-state index contributed by atoms with van der Waals surface area (Å²) in [5.41, 5.74) is 8.16. The molecule has 4 nitrogen and oxygen atoms in total. The van der Waals surface area contributed by atoms with E-state index in [1.807, 2.05) is 23.9 Å². The van der Waals surface area contributed by atoms with Gasteiger partial charge in [0, 0.05) is 18.5 Å². The largest absolute Gasteiger partial charge is 0.370 e. The molecule has 4 heteroatoms. The first kappa shape index (κ1) is 11.7. The maximum Gasteiger partial charge on any atom is 0.0960 e. The Morgan fingerprint density at radius 3 is 3.00 bits per heavy atom. The van der Waals surface area contributed by atoms with E-state index in [1.54, 1.807) is 0 Å². The van der Waals surface area contributed by atoms with Gasteiger partial charge in [-0.1, -0.05) is 18.2 Å². The van der Waals surface area contributed by atoms with Crippen LogP contribution in [0.15, 0.2) is 24.3 Å². The highest BCUT2D eigenvalue weighted by atomic mass is 16.5. The Hall–Kier alpha value is -1.39. The van der Waals surface area contributed by atoms with Crippen molar-refractivity contribution in [2.75, 3.05) is 0 Å². The summed E-state index contributed by atoms with van der Waals surface area (Å²) in [6.07, 6.45) is 3.53. The fourth-order valence-electron chi connectivity index (χ4n) is 2.74. The fraction of sp³-hybridized carbons (Fsp3) is 0.500. The molecule has 0 bridgehead atoms. The lowest BCUT2D eigenvalue weighted by Gasteiger charge is -2.15. The third-order valence-electron chi connectivity index (χ3n) is 3.77. The lowest BCUT2D eigenvalue weighted by atomic mass is 10.2. The lowest BCUT2D eigenvalue weighted by Crippen LogP contribution is -2.31. The van der Waals surface area contributed by atoms with Crippen LogP contribution in [0.1, 0.15) is 25.0 Å². The molecule has 18 heavy (non-hydrogen) atoms. The van der Waals surface area contributed by atoms with Gasteiger partial charge in [0.15, 0.2) is 0 Å². The van der Waals surface area contributed by atoms with Gasteiger partial charge in [0.1, 0.15) is 0 Å². The van der Waals surface area contributed by atoms with Crippen molar-refractivity contribution in [2.24, 2.45) is 12.8 Å². The number of nitrogens with zero attached hydrogens (tertiary/aromatic N) is 2. The zero-order valence-electron chi connectivity index (χ0n) is 10.7. The maximum absolute atomic E-state index is 6.01. The molecule has 2 atom stereocenters. The van der Waals surface area contributed by atoms with Crippen LogP contribution >= 0.6 is 0 Å². The Morgan fingerprint density at radius 2 is 2.22 bits per heavy atom. The van der Waals surface area contributed by atoms with Gasteiger partial charge in [-0.25, -0.2) is 0 Å². The predicted molar refractivity (Wildman–Crippen MR) is 71.1 cm³/mol. The van der Waals surface area contributed by atoms with E-state index in [2.05, 4.69) is 17.2 Å². The van der Waals surface area contributed by atoms with Crippen LogP contribution < -0.4 is 5.73 Å². The van der Waals surface area contributed by atoms with E-state index in [1.165, 1.54) is 11.8 Å². The highest BCUT2D eigenvalue weighted by Gasteiger charge is 2.24. The molecule has 0 spiro atoms. The van der Waals surface area contributed by atoms with E-state index >= 15 is 0 Å². The van der Waals surface area contributed by atoms with Crippen LogP contribution in [-0.4, -0.2) is 21.9 Å². The number of ether oxygens (including phenoxy) is 1. The second kappa shape index (κ2) is 4.71. The quantitative estimate of drug-likeness (QED) is 0.899. The summed E-state index contributed by atoms with van der Waals surface area (Å²) in [5.74, 6) is 0. The van der Waals surface area contributed by atoms with Crippen LogP contribution in [0.2, 0.25) is 0 Å². The van der Waals surface area contributed by atoms with Gasteiger partial charge in [-0.05, 0) is 25.3 Å². The normalized spacial score (nSPS) is 23.9. The Balaban J connectivity index is 1.78. The number of aryl methyl sites for hydroxylation is 1. The van der Waals surface area contributed by atoms with Crippen LogP contribution in [0.3, 0.4) is 0 Å². The lowest BCUT2D eigenvalue weighted by molar-refractivity contribution is 0.0343. The molecular weight excluding hydrogens is 226 g/mol. The van der Waals surface area contributed by atoms with E-state index in [0.29, 0.717) is 6.61 Å². The first-order valence-corrected chi connectivity index (χ1v) is 6.53. The molecule has 0 radical (unpaired) electrons. The second-order valence-electron chi connectivity index (χ2n) is 5.03. The molecule has 2 N–H and O–H groups in total. The van der Waals surface area contributed by atoms with E-state index in [-0.39, 0.29) is 12.1 Å². The van der Waals surface area contributed by atoms with Crippen molar-refractivity contribution in [2.45, 2.75) is 38.0 Å². The summed E-state index contributed by atoms with van der Waals surface area (Å²) in [5, 5.41) is 5.70. The predicted octanol–water partition coefficient (Wildman–Crippen LogP) is 1.97. The molecule has 1 aromatic carbocycles. The summed E-state index contributed by atoms with van der Waals surface area (Å²) in [6.45, 7) is 0.555. The highest BCUT2D eigenvalue weighted by molar-refractivity contribution is 5.81. The Morgan fingerprint density at radius 1 is 1.39 bits per heavy atom. The number of fused-ring (bicyclic) bond motifs is 1. The third kappa shape index (κ3) is 2.02. The number of hydrogen-bond donors (Lipinski definition) is 1. The third-order valence-corrected chi connectivity index (χ3v) is 3.77. The number of para-hydroxylation sites is 1. The molecule has 0 amide bonds. The minimum Gasteiger partial charge on any atom is -0.370 e. The van der Waals surface area contributed by atoms with E-state index < -0.39 is 0 Å². The average molecular weight is 245 g/mol. The van der Waals surface area contributed by atoms with Crippen molar-refractivity contribution in [1.82, 2.24) is 9.78 Å². The monoisotopic (exact) mass is 245 g/mol. The van der Waals surface area contributed by atoms with Crippen molar-refractivity contribution in [3.63, 3.8) is 0 Å². The van der Waals surface area contributed by atoms with E-state index in [0.717, 1.165) is 24.1 Å². The maximum atomic E-state index is 6.01. The Bertz CT molecular complexity index is 549. The van der Waals surface area contributed by atoms with Crippen molar-refractivity contribution in [3.05, 3.63) is 30.0 Å². The molecule has 1 fully saturated rings. The van der Waals surface area contributed by atoms with Gasteiger partial charge in [-0.15, -0.1) is 0 Å². The van der Waals surface area contributed by atoms with Crippen LogP contribution in [0.5, 0.6) is 0 Å². The molecule has 2 unspecified atom stereocenters. The molecule has 0 saturated heterocycles. The van der Waals surface area contributed by atoms with Gasteiger partial charge in [0.05, 0.1) is 23.9 Å². The number of nitrogens with two attached hydrogens (primary N) is 1. The smallest absolute Gasteiger partial charge is 0.0960 e. The van der Waals surface area contributed by atoms with Crippen molar-refractivity contribution < 1.29 is 4.74 Å². The van der Waals surface area contributed by atoms with Gasteiger partial charge in [-0.2, -0.15) is 5.10 Å². The summed E-state index contributed by atoms with van der Waals surface area (Å²) >= 11 is 0. The molecule has 0 aliphatic heterocycles. The number of rotatable bonds is 3. The first-order valence-electron chi connectivity index (χ1n) is 6.53.